The minimum Gasteiger partial charge on any atom is -0.376 e. The molecule has 1 amide bonds. The van der Waals surface area contributed by atoms with Gasteiger partial charge in [-0.2, -0.15) is 0 Å². The Morgan fingerprint density at radius 1 is 1.24 bits per heavy atom. The molecule has 0 aromatic heterocycles. The summed E-state index contributed by atoms with van der Waals surface area (Å²) in [5.41, 5.74) is 0. The molecule has 102 valence electrons. The maximum absolute atomic E-state index is 11.2. The molecule has 0 aromatic rings. The highest BCUT2D eigenvalue weighted by atomic mass is 35.5. The molecule has 1 rings (SSSR count). The van der Waals surface area contributed by atoms with E-state index < -0.39 is 0 Å². The molecule has 1 aliphatic rings. The quantitative estimate of drug-likeness (QED) is 0.685. The van der Waals surface area contributed by atoms with Crippen LogP contribution in [0, 0.1) is 0 Å². The average molecular weight is 265 g/mol. The van der Waals surface area contributed by atoms with Crippen LogP contribution < -0.4 is 10.6 Å². The summed E-state index contributed by atoms with van der Waals surface area (Å²) in [5.74, 6) is 0.0987. The van der Waals surface area contributed by atoms with Crippen LogP contribution in [0.15, 0.2) is 0 Å². The fourth-order valence-corrected chi connectivity index (χ4v) is 1.97. The third-order valence-electron chi connectivity index (χ3n) is 2.93. The molecule has 5 heteroatoms. The van der Waals surface area contributed by atoms with Crippen molar-refractivity contribution >= 4 is 18.3 Å². The fourth-order valence-electron chi connectivity index (χ4n) is 1.97. The monoisotopic (exact) mass is 264 g/mol. The Kier molecular flexibility index (Phi) is 10.6. The molecule has 0 aliphatic heterocycles. The van der Waals surface area contributed by atoms with Crippen LogP contribution in [0.1, 0.15) is 38.5 Å². The van der Waals surface area contributed by atoms with Crippen LogP contribution in [0.4, 0.5) is 0 Å². The lowest BCUT2D eigenvalue weighted by atomic mass is 9.98. The number of hydrogen-bond donors (Lipinski definition) is 2. The molecule has 0 spiro atoms. The standard InChI is InChI=1S/C12H24N2O2.ClH/c1-13-8-7-12(15)14-9-10-16-11-5-3-2-4-6-11;/h11,13H,2-10H2,1H3,(H,14,15);1H. The first kappa shape index (κ1) is 16.7. The first-order chi connectivity index (χ1) is 7.83. The molecule has 1 fully saturated rings. The van der Waals surface area contributed by atoms with Crippen LogP contribution >= 0.6 is 12.4 Å². The minimum absolute atomic E-state index is 0. The molecule has 4 nitrogen and oxygen atoms in total. The molecule has 0 aromatic carbocycles. The van der Waals surface area contributed by atoms with Crippen molar-refractivity contribution in [2.75, 3.05) is 26.7 Å². The normalized spacial score (nSPS) is 16.3. The minimum atomic E-state index is 0. The lowest BCUT2D eigenvalue weighted by Gasteiger charge is -2.21. The summed E-state index contributed by atoms with van der Waals surface area (Å²) in [6.45, 7) is 2.02. The van der Waals surface area contributed by atoms with E-state index in [9.17, 15) is 4.79 Å². The van der Waals surface area contributed by atoms with Gasteiger partial charge in [-0.05, 0) is 19.9 Å². The average Bonchev–Trinajstić information content (AvgIpc) is 2.33. The fraction of sp³-hybridized carbons (Fsp3) is 0.917. The maximum Gasteiger partial charge on any atom is 0.221 e. The van der Waals surface area contributed by atoms with Gasteiger partial charge in [-0.3, -0.25) is 4.79 Å². The van der Waals surface area contributed by atoms with Crippen molar-refractivity contribution in [3.63, 3.8) is 0 Å². The van der Waals surface area contributed by atoms with Crippen molar-refractivity contribution in [3.05, 3.63) is 0 Å². The highest BCUT2D eigenvalue weighted by molar-refractivity contribution is 5.85. The number of carbonyl (C=O) groups is 1. The number of ether oxygens (including phenoxy) is 1. The van der Waals surface area contributed by atoms with E-state index in [0.717, 1.165) is 6.54 Å². The van der Waals surface area contributed by atoms with Gasteiger partial charge in [0.15, 0.2) is 0 Å². The van der Waals surface area contributed by atoms with E-state index in [4.69, 9.17) is 4.74 Å². The molecule has 0 heterocycles. The van der Waals surface area contributed by atoms with Crippen molar-refractivity contribution < 1.29 is 9.53 Å². The second-order valence-corrected chi connectivity index (χ2v) is 4.33. The summed E-state index contributed by atoms with van der Waals surface area (Å²) >= 11 is 0. The van der Waals surface area contributed by atoms with Crippen molar-refractivity contribution in [2.45, 2.75) is 44.6 Å². The van der Waals surface area contributed by atoms with Crippen molar-refractivity contribution in [2.24, 2.45) is 0 Å². The Balaban J connectivity index is 0.00000256. The third-order valence-corrected chi connectivity index (χ3v) is 2.93. The Morgan fingerprint density at radius 3 is 2.59 bits per heavy atom. The van der Waals surface area contributed by atoms with Gasteiger partial charge in [0.25, 0.3) is 0 Å². The molecule has 0 unspecified atom stereocenters. The lowest BCUT2D eigenvalue weighted by molar-refractivity contribution is -0.121. The van der Waals surface area contributed by atoms with Gasteiger partial charge in [-0.1, -0.05) is 19.3 Å². The number of carbonyl (C=O) groups excluding carboxylic acids is 1. The van der Waals surface area contributed by atoms with Gasteiger partial charge in [0.05, 0.1) is 12.7 Å². The number of amides is 1. The van der Waals surface area contributed by atoms with Gasteiger partial charge in [0.1, 0.15) is 0 Å². The van der Waals surface area contributed by atoms with Crippen LogP contribution in [-0.4, -0.2) is 38.8 Å². The first-order valence-electron chi connectivity index (χ1n) is 6.36. The molecular formula is C12H25ClN2O2. The van der Waals surface area contributed by atoms with Crippen LogP contribution in [0.3, 0.4) is 0 Å². The molecule has 17 heavy (non-hydrogen) atoms. The zero-order valence-electron chi connectivity index (χ0n) is 10.7. The number of rotatable bonds is 7. The Morgan fingerprint density at radius 2 is 1.94 bits per heavy atom. The molecule has 2 N–H and O–H groups in total. The number of hydrogen-bond acceptors (Lipinski definition) is 3. The Labute approximate surface area is 110 Å². The van der Waals surface area contributed by atoms with Crippen LogP contribution in [0.2, 0.25) is 0 Å². The van der Waals surface area contributed by atoms with Crippen molar-refractivity contribution in [1.29, 1.82) is 0 Å². The van der Waals surface area contributed by atoms with Gasteiger partial charge in [0, 0.05) is 19.5 Å². The summed E-state index contributed by atoms with van der Waals surface area (Å²) in [6.07, 6.45) is 7.28. The smallest absolute Gasteiger partial charge is 0.221 e. The lowest BCUT2D eigenvalue weighted by Crippen LogP contribution is -2.31. The van der Waals surface area contributed by atoms with E-state index >= 15 is 0 Å². The SMILES string of the molecule is CNCCC(=O)NCCOC1CCCCC1.Cl. The van der Waals surface area contributed by atoms with E-state index in [1.165, 1.54) is 32.1 Å². The molecule has 0 bridgehead atoms. The summed E-state index contributed by atoms with van der Waals surface area (Å²) in [6, 6.07) is 0. The third kappa shape index (κ3) is 8.41. The highest BCUT2D eigenvalue weighted by Crippen LogP contribution is 2.19. The molecule has 1 aliphatic carbocycles. The summed E-state index contributed by atoms with van der Waals surface area (Å²) in [5, 5.41) is 5.80. The van der Waals surface area contributed by atoms with Crippen molar-refractivity contribution in [1.82, 2.24) is 10.6 Å². The molecule has 0 radical (unpaired) electrons. The number of nitrogens with one attached hydrogen (secondary N) is 2. The van der Waals surface area contributed by atoms with E-state index in [1.54, 1.807) is 0 Å². The van der Waals surface area contributed by atoms with Gasteiger partial charge < -0.3 is 15.4 Å². The van der Waals surface area contributed by atoms with E-state index in [-0.39, 0.29) is 18.3 Å². The summed E-state index contributed by atoms with van der Waals surface area (Å²) in [4.78, 5) is 11.2. The summed E-state index contributed by atoms with van der Waals surface area (Å²) in [7, 11) is 1.85. The Bertz CT molecular complexity index is 197. The second kappa shape index (κ2) is 10.8. The van der Waals surface area contributed by atoms with Gasteiger partial charge in [0.2, 0.25) is 5.91 Å². The van der Waals surface area contributed by atoms with Gasteiger partial charge in [-0.15, -0.1) is 12.4 Å². The zero-order valence-corrected chi connectivity index (χ0v) is 11.5. The Hall–Kier alpha value is -0.320. The molecular weight excluding hydrogens is 240 g/mol. The predicted molar refractivity (Wildman–Crippen MR) is 71.6 cm³/mol. The predicted octanol–water partition coefficient (Wildman–Crippen LogP) is 1.48. The van der Waals surface area contributed by atoms with E-state index in [0.29, 0.717) is 25.7 Å². The summed E-state index contributed by atoms with van der Waals surface area (Å²) < 4.78 is 5.71. The van der Waals surface area contributed by atoms with Gasteiger partial charge >= 0.3 is 0 Å². The van der Waals surface area contributed by atoms with E-state index in [1.807, 2.05) is 7.05 Å². The number of halogens is 1. The molecule has 0 saturated heterocycles. The molecule has 0 atom stereocenters. The zero-order chi connectivity index (χ0) is 11.6. The van der Waals surface area contributed by atoms with Crippen LogP contribution in [-0.2, 0) is 9.53 Å². The maximum atomic E-state index is 11.2. The van der Waals surface area contributed by atoms with E-state index in [2.05, 4.69) is 10.6 Å². The first-order valence-corrected chi connectivity index (χ1v) is 6.36. The van der Waals surface area contributed by atoms with Crippen LogP contribution in [0.25, 0.3) is 0 Å². The highest BCUT2D eigenvalue weighted by Gasteiger charge is 2.13. The largest absolute Gasteiger partial charge is 0.376 e. The van der Waals surface area contributed by atoms with Gasteiger partial charge in [-0.25, -0.2) is 0 Å². The molecule has 1 saturated carbocycles. The van der Waals surface area contributed by atoms with Crippen molar-refractivity contribution in [3.8, 4) is 0 Å². The second-order valence-electron chi connectivity index (χ2n) is 4.33. The van der Waals surface area contributed by atoms with Crippen LogP contribution in [0.5, 0.6) is 0 Å². The topological polar surface area (TPSA) is 50.4 Å².